The van der Waals surface area contributed by atoms with Gasteiger partial charge in [-0.15, -0.1) is 0 Å². The van der Waals surface area contributed by atoms with Crippen LogP contribution in [0.2, 0.25) is 0 Å². The SMILES string of the molecule is C[C@@H](/C=C/C(=O)O)[C@@H](OC(=O)Nc1ccccc1)c1cc(Br)cc(Br)c1O. The minimum Gasteiger partial charge on any atom is -0.506 e. The van der Waals surface area contributed by atoms with Gasteiger partial charge in [0.25, 0.3) is 0 Å². The lowest BCUT2D eigenvalue weighted by Gasteiger charge is -2.24. The van der Waals surface area contributed by atoms with Crippen LogP contribution >= 0.6 is 31.9 Å². The number of phenolic OH excluding ortho intramolecular Hbond substituents is 1. The number of anilines is 1. The van der Waals surface area contributed by atoms with E-state index in [0.717, 1.165) is 6.08 Å². The molecular weight excluding hydrogens is 482 g/mol. The Labute approximate surface area is 173 Å². The summed E-state index contributed by atoms with van der Waals surface area (Å²) in [6.07, 6.45) is 0.729. The highest BCUT2D eigenvalue weighted by atomic mass is 79.9. The number of halogens is 2. The zero-order valence-electron chi connectivity index (χ0n) is 14.2. The summed E-state index contributed by atoms with van der Waals surface area (Å²) >= 11 is 6.59. The first-order valence-corrected chi connectivity index (χ1v) is 9.48. The number of carboxylic acid groups (broad SMARTS) is 1. The second-order valence-electron chi connectivity index (χ2n) is 5.70. The van der Waals surface area contributed by atoms with Gasteiger partial charge in [0, 0.05) is 27.7 Å². The number of benzene rings is 2. The lowest BCUT2D eigenvalue weighted by atomic mass is 9.96. The second-order valence-corrected chi connectivity index (χ2v) is 7.47. The molecule has 6 nitrogen and oxygen atoms in total. The van der Waals surface area contributed by atoms with Gasteiger partial charge >= 0.3 is 12.1 Å². The Kier molecular flexibility index (Phi) is 7.44. The molecule has 0 heterocycles. The van der Waals surface area contributed by atoms with Gasteiger partial charge in [0.15, 0.2) is 0 Å². The summed E-state index contributed by atoms with van der Waals surface area (Å²) in [6, 6.07) is 12.0. The number of phenols is 1. The zero-order valence-corrected chi connectivity index (χ0v) is 17.4. The van der Waals surface area contributed by atoms with Crippen molar-refractivity contribution in [2.45, 2.75) is 13.0 Å². The first kappa shape index (κ1) is 21.0. The molecule has 0 aliphatic carbocycles. The number of carbonyl (C=O) groups excluding carboxylic acids is 1. The van der Waals surface area contributed by atoms with Crippen molar-refractivity contribution in [3.63, 3.8) is 0 Å². The Morgan fingerprint density at radius 2 is 1.85 bits per heavy atom. The maximum absolute atomic E-state index is 12.3. The molecule has 2 rings (SSSR count). The van der Waals surface area contributed by atoms with Crippen LogP contribution in [0.1, 0.15) is 18.6 Å². The first-order valence-electron chi connectivity index (χ1n) is 7.89. The minimum atomic E-state index is -1.12. The molecule has 0 bridgehead atoms. The molecule has 0 aliphatic heterocycles. The predicted octanol–water partition coefficient (Wildman–Crippen LogP) is 5.48. The van der Waals surface area contributed by atoms with Gasteiger partial charge in [-0.3, -0.25) is 5.32 Å². The largest absolute Gasteiger partial charge is 0.506 e. The molecule has 0 saturated carbocycles. The number of nitrogens with one attached hydrogen (secondary N) is 1. The Morgan fingerprint density at radius 1 is 1.19 bits per heavy atom. The molecule has 3 N–H and O–H groups in total. The lowest BCUT2D eigenvalue weighted by molar-refractivity contribution is -0.131. The number of hydrogen-bond donors (Lipinski definition) is 3. The van der Waals surface area contributed by atoms with E-state index in [1.807, 2.05) is 6.07 Å². The Hall–Kier alpha value is -2.32. The van der Waals surface area contributed by atoms with E-state index in [1.165, 1.54) is 6.08 Å². The average molecular weight is 499 g/mol. The van der Waals surface area contributed by atoms with Crippen LogP contribution in [0.25, 0.3) is 0 Å². The molecule has 2 aromatic carbocycles. The molecule has 0 unspecified atom stereocenters. The fourth-order valence-electron chi connectivity index (χ4n) is 2.38. The van der Waals surface area contributed by atoms with E-state index in [1.54, 1.807) is 43.3 Å². The standard InChI is InChI=1S/C19H17Br2NO5/c1-11(7-8-16(23)24)18(14-9-12(20)10-15(21)17(14)25)27-19(26)22-13-5-3-2-4-6-13/h2-11,18,25H,1H3,(H,22,26)(H,23,24)/b8-7+/t11-,18+/m0/s1. The van der Waals surface area contributed by atoms with E-state index in [4.69, 9.17) is 9.84 Å². The molecule has 2 aromatic rings. The van der Waals surface area contributed by atoms with Crippen molar-refractivity contribution in [3.05, 3.63) is 69.1 Å². The van der Waals surface area contributed by atoms with Crippen molar-refractivity contribution in [3.8, 4) is 5.75 Å². The third-order valence-corrected chi connectivity index (χ3v) is 4.70. The van der Waals surface area contributed by atoms with Crippen molar-refractivity contribution in [2.24, 2.45) is 5.92 Å². The minimum absolute atomic E-state index is 0.0914. The number of aliphatic carboxylic acids is 1. The third kappa shape index (κ3) is 6.11. The summed E-state index contributed by atoms with van der Waals surface area (Å²) in [6.45, 7) is 1.69. The molecule has 142 valence electrons. The smallest absolute Gasteiger partial charge is 0.412 e. The predicted molar refractivity (Wildman–Crippen MR) is 109 cm³/mol. The van der Waals surface area contributed by atoms with Crippen LogP contribution in [-0.4, -0.2) is 22.3 Å². The van der Waals surface area contributed by atoms with Crippen molar-refractivity contribution in [1.82, 2.24) is 0 Å². The molecule has 0 aromatic heterocycles. The fraction of sp³-hybridized carbons (Fsp3) is 0.158. The monoisotopic (exact) mass is 497 g/mol. The highest BCUT2D eigenvalue weighted by Crippen LogP contribution is 2.40. The molecule has 0 aliphatic rings. The topological polar surface area (TPSA) is 95.9 Å². The lowest BCUT2D eigenvalue weighted by Crippen LogP contribution is -2.21. The van der Waals surface area contributed by atoms with Gasteiger partial charge in [0.2, 0.25) is 0 Å². The van der Waals surface area contributed by atoms with Crippen molar-refractivity contribution in [2.75, 3.05) is 5.32 Å². The van der Waals surface area contributed by atoms with Gasteiger partial charge in [-0.05, 0) is 40.2 Å². The molecular formula is C19H17Br2NO5. The van der Waals surface area contributed by atoms with E-state index in [9.17, 15) is 14.7 Å². The summed E-state index contributed by atoms with van der Waals surface area (Å²) in [7, 11) is 0. The van der Waals surface area contributed by atoms with Gasteiger partial charge < -0.3 is 14.9 Å². The van der Waals surface area contributed by atoms with E-state index >= 15 is 0 Å². The Morgan fingerprint density at radius 3 is 2.48 bits per heavy atom. The zero-order chi connectivity index (χ0) is 20.0. The van der Waals surface area contributed by atoms with Crippen molar-refractivity contribution in [1.29, 1.82) is 0 Å². The van der Waals surface area contributed by atoms with Crippen molar-refractivity contribution < 1.29 is 24.5 Å². The van der Waals surface area contributed by atoms with Crippen LogP contribution in [-0.2, 0) is 9.53 Å². The highest BCUT2D eigenvalue weighted by Gasteiger charge is 2.26. The van der Waals surface area contributed by atoms with Gasteiger partial charge in [-0.1, -0.05) is 47.1 Å². The van der Waals surface area contributed by atoms with Crippen LogP contribution in [0.3, 0.4) is 0 Å². The number of carbonyl (C=O) groups is 2. The number of rotatable bonds is 6. The quantitative estimate of drug-likeness (QED) is 0.458. The van der Waals surface area contributed by atoms with Crippen LogP contribution < -0.4 is 5.32 Å². The molecule has 0 radical (unpaired) electrons. The molecule has 27 heavy (non-hydrogen) atoms. The number of ether oxygens (including phenoxy) is 1. The molecule has 1 amide bonds. The molecule has 2 atom stereocenters. The van der Waals surface area contributed by atoms with Crippen LogP contribution in [0.5, 0.6) is 5.75 Å². The molecule has 0 fully saturated rings. The van der Waals surface area contributed by atoms with E-state index in [-0.39, 0.29) is 5.75 Å². The maximum atomic E-state index is 12.3. The summed E-state index contributed by atoms with van der Waals surface area (Å²) in [5, 5.41) is 21.9. The number of hydrogen-bond acceptors (Lipinski definition) is 4. The Bertz CT molecular complexity index is 855. The third-order valence-electron chi connectivity index (χ3n) is 3.64. The van der Waals surface area contributed by atoms with Crippen LogP contribution in [0, 0.1) is 5.92 Å². The summed E-state index contributed by atoms with van der Waals surface area (Å²) in [5.41, 5.74) is 0.886. The second kappa shape index (κ2) is 9.57. The highest BCUT2D eigenvalue weighted by molar-refractivity contribution is 9.11. The van der Waals surface area contributed by atoms with Crippen LogP contribution in [0.15, 0.2) is 63.6 Å². The van der Waals surface area contributed by atoms with Gasteiger partial charge in [-0.25, -0.2) is 9.59 Å². The molecule has 0 saturated heterocycles. The summed E-state index contributed by atoms with van der Waals surface area (Å²) < 4.78 is 6.61. The number of carboxylic acids is 1. The van der Waals surface area contributed by atoms with Gasteiger partial charge in [0.05, 0.1) is 4.47 Å². The number of aromatic hydroxyl groups is 1. The molecule has 8 heteroatoms. The maximum Gasteiger partial charge on any atom is 0.412 e. The van der Waals surface area contributed by atoms with E-state index in [0.29, 0.717) is 20.2 Å². The summed E-state index contributed by atoms with van der Waals surface area (Å²) in [4.78, 5) is 23.2. The van der Waals surface area contributed by atoms with Crippen molar-refractivity contribution >= 4 is 49.6 Å². The first-order chi connectivity index (χ1) is 12.8. The number of para-hydroxylation sites is 1. The fourth-order valence-corrected chi connectivity index (χ4v) is 3.63. The summed E-state index contributed by atoms with van der Waals surface area (Å²) in [5.74, 6) is -1.73. The normalized spacial score (nSPS) is 13.1. The van der Waals surface area contributed by atoms with Gasteiger partial charge in [-0.2, -0.15) is 0 Å². The Balaban J connectivity index is 2.32. The van der Waals surface area contributed by atoms with Crippen LogP contribution in [0.4, 0.5) is 10.5 Å². The van der Waals surface area contributed by atoms with E-state index < -0.39 is 24.1 Å². The van der Waals surface area contributed by atoms with E-state index in [2.05, 4.69) is 37.2 Å². The number of amides is 1. The molecule has 0 spiro atoms. The average Bonchev–Trinajstić information content (AvgIpc) is 2.61. The van der Waals surface area contributed by atoms with Gasteiger partial charge in [0.1, 0.15) is 11.9 Å².